The van der Waals surface area contributed by atoms with Gasteiger partial charge in [-0.15, -0.1) is 0 Å². The summed E-state index contributed by atoms with van der Waals surface area (Å²) in [5, 5.41) is 0.559. The zero-order chi connectivity index (χ0) is 13.9. The quantitative estimate of drug-likeness (QED) is 0.838. The molecule has 0 aliphatic heterocycles. The maximum Gasteiger partial charge on any atom is 0.127 e. The Hall–Kier alpha value is -0.600. The van der Waals surface area contributed by atoms with Gasteiger partial charge in [-0.1, -0.05) is 30.5 Å². The Balaban J connectivity index is 2.07. The zero-order valence-electron chi connectivity index (χ0n) is 11.6. The van der Waals surface area contributed by atoms with Gasteiger partial charge in [0.15, 0.2) is 0 Å². The average molecular weight is 284 g/mol. The number of halogens is 2. The Bertz CT molecular complexity index is 439. The molecule has 1 aromatic carbocycles. The molecule has 0 amide bonds. The molecular formula is C16H23ClFN. The maximum atomic E-state index is 13.4. The lowest BCUT2D eigenvalue weighted by Gasteiger charge is -2.28. The minimum atomic E-state index is -0.216. The van der Waals surface area contributed by atoms with Crippen LogP contribution in [0.3, 0.4) is 0 Å². The standard InChI is InChI=1S/C16H23ClFN/c1-12-10-13(14(17)11-15(12)18)4-7-16(8-9-19)5-2-3-6-16/h10-11H,2-9,19H2,1H3. The molecule has 2 N–H and O–H groups in total. The van der Waals surface area contributed by atoms with E-state index in [1.54, 1.807) is 6.92 Å². The van der Waals surface area contributed by atoms with Crippen LogP contribution in [0.25, 0.3) is 0 Å². The highest BCUT2D eigenvalue weighted by Crippen LogP contribution is 2.44. The lowest BCUT2D eigenvalue weighted by molar-refractivity contribution is 0.253. The van der Waals surface area contributed by atoms with Crippen LogP contribution in [-0.2, 0) is 6.42 Å². The largest absolute Gasteiger partial charge is 0.330 e. The van der Waals surface area contributed by atoms with Gasteiger partial charge in [0, 0.05) is 5.02 Å². The second-order valence-electron chi connectivity index (χ2n) is 5.94. The van der Waals surface area contributed by atoms with Gasteiger partial charge < -0.3 is 5.73 Å². The third-order valence-electron chi connectivity index (χ3n) is 4.59. The number of hydrogen-bond acceptors (Lipinski definition) is 1. The number of aryl methyl sites for hydroxylation is 2. The molecule has 1 aliphatic carbocycles. The number of nitrogens with two attached hydrogens (primary N) is 1. The molecule has 0 spiro atoms. The molecule has 1 nitrogen and oxygen atoms in total. The molecule has 1 aliphatic rings. The summed E-state index contributed by atoms with van der Waals surface area (Å²) >= 11 is 6.14. The average Bonchev–Trinajstić information content (AvgIpc) is 2.82. The predicted octanol–water partition coefficient (Wildman–Crippen LogP) is 4.63. The van der Waals surface area contributed by atoms with E-state index in [0.29, 0.717) is 16.0 Å². The summed E-state index contributed by atoms with van der Waals surface area (Å²) < 4.78 is 13.4. The first kappa shape index (κ1) is 14.8. The Morgan fingerprint density at radius 1 is 1.26 bits per heavy atom. The highest BCUT2D eigenvalue weighted by Gasteiger charge is 2.32. The Morgan fingerprint density at radius 3 is 2.58 bits per heavy atom. The second kappa shape index (κ2) is 6.23. The second-order valence-corrected chi connectivity index (χ2v) is 6.35. The molecule has 1 fully saturated rings. The smallest absolute Gasteiger partial charge is 0.127 e. The highest BCUT2D eigenvalue weighted by molar-refractivity contribution is 6.31. The summed E-state index contributed by atoms with van der Waals surface area (Å²) in [6, 6.07) is 3.33. The van der Waals surface area contributed by atoms with Crippen LogP contribution >= 0.6 is 11.6 Å². The fourth-order valence-electron chi connectivity index (χ4n) is 3.36. The van der Waals surface area contributed by atoms with Crippen LogP contribution in [-0.4, -0.2) is 6.54 Å². The van der Waals surface area contributed by atoms with E-state index in [-0.39, 0.29) is 5.82 Å². The predicted molar refractivity (Wildman–Crippen MR) is 79.0 cm³/mol. The van der Waals surface area contributed by atoms with Gasteiger partial charge in [-0.2, -0.15) is 0 Å². The van der Waals surface area contributed by atoms with Crippen LogP contribution < -0.4 is 5.73 Å². The summed E-state index contributed by atoms with van der Waals surface area (Å²) in [7, 11) is 0. The van der Waals surface area contributed by atoms with Crippen LogP contribution in [0.15, 0.2) is 12.1 Å². The van der Waals surface area contributed by atoms with Gasteiger partial charge in [0.1, 0.15) is 5.82 Å². The van der Waals surface area contributed by atoms with E-state index >= 15 is 0 Å². The highest BCUT2D eigenvalue weighted by atomic mass is 35.5. The van der Waals surface area contributed by atoms with Crippen molar-refractivity contribution in [1.29, 1.82) is 0 Å². The number of rotatable bonds is 5. The van der Waals surface area contributed by atoms with Crippen molar-refractivity contribution in [2.75, 3.05) is 6.54 Å². The molecule has 1 saturated carbocycles. The topological polar surface area (TPSA) is 26.0 Å². The molecule has 106 valence electrons. The van der Waals surface area contributed by atoms with Crippen LogP contribution in [0.2, 0.25) is 5.02 Å². The fraction of sp³-hybridized carbons (Fsp3) is 0.625. The van der Waals surface area contributed by atoms with E-state index in [1.165, 1.54) is 31.7 Å². The van der Waals surface area contributed by atoms with Gasteiger partial charge >= 0.3 is 0 Å². The molecule has 0 radical (unpaired) electrons. The summed E-state index contributed by atoms with van der Waals surface area (Å²) in [6.07, 6.45) is 8.34. The Kier molecular flexibility index (Phi) is 4.86. The number of hydrogen-bond donors (Lipinski definition) is 1. The van der Waals surface area contributed by atoms with E-state index in [0.717, 1.165) is 31.4 Å². The van der Waals surface area contributed by atoms with E-state index in [9.17, 15) is 4.39 Å². The van der Waals surface area contributed by atoms with Gasteiger partial charge in [0.05, 0.1) is 0 Å². The first-order valence-electron chi connectivity index (χ1n) is 7.21. The van der Waals surface area contributed by atoms with Gasteiger partial charge in [-0.25, -0.2) is 4.39 Å². The molecule has 1 aromatic rings. The van der Waals surface area contributed by atoms with Crippen molar-refractivity contribution < 1.29 is 4.39 Å². The molecule has 19 heavy (non-hydrogen) atoms. The number of benzene rings is 1. The van der Waals surface area contributed by atoms with Crippen molar-refractivity contribution in [2.24, 2.45) is 11.1 Å². The van der Waals surface area contributed by atoms with E-state index < -0.39 is 0 Å². The third-order valence-corrected chi connectivity index (χ3v) is 4.94. The minimum Gasteiger partial charge on any atom is -0.330 e. The normalized spacial score (nSPS) is 17.9. The van der Waals surface area contributed by atoms with Crippen molar-refractivity contribution in [3.05, 3.63) is 34.1 Å². The van der Waals surface area contributed by atoms with Crippen LogP contribution in [0.1, 0.15) is 49.7 Å². The van der Waals surface area contributed by atoms with Crippen LogP contribution in [0.4, 0.5) is 4.39 Å². The van der Waals surface area contributed by atoms with E-state index in [4.69, 9.17) is 17.3 Å². The summed E-state index contributed by atoms with van der Waals surface area (Å²) in [5.41, 5.74) is 7.92. The Labute approximate surface area is 120 Å². The lowest BCUT2D eigenvalue weighted by Crippen LogP contribution is -2.21. The SMILES string of the molecule is Cc1cc(CCC2(CCN)CCCC2)c(Cl)cc1F. The molecule has 3 heteroatoms. The zero-order valence-corrected chi connectivity index (χ0v) is 12.4. The van der Waals surface area contributed by atoms with Gasteiger partial charge in [-0.05, 0) is 68.2 Å². The molecule has 0 unspecified atom stereocenters. The van der Waals surface area contributed by atoms with Crippen molar-refractivity contribution in [3.63, 3.8) is 0 Å². The molecule has 0 bridgehead atoms. The van der Waals surface area contributed by atoms with Crippen molar-refractivity contribution in [1.82, 2.24) is 0 Å². The fourth-order valence-corrected chi connectivity index (χ4v) is 3.61. The van der Waals surface area contributed by atoms with Crippen molar-refractivity contribution in [3.8, 4) is 0 Å². The van der Waals surface area contributed by atoms with Crippen molar-refractivity contribution in [2.45, 2.75) is 51.9 Å². The summed E-state index contributed by atoms with van der Waals surface area (Å²) in [6.45, 7) is 2.55. The van der Waals surface area contributed by atoms with Gasteiger partial charge in [0.2, 0.25) is 0 Å². The lowest BCUT2D eigenvalue weighted by atomic mass is 9.77. The summed E-state index contributed by atoms with van der Waals surface area (Å²) in [5.74, 6) is -0.216. The Morgan fingerprint density at radius 2 is 1.95 bits per heavy atom. The minimum absolute atomic E-state index is 0.216. The van der Waals surface area contributed by atoms with Gasteiger partial charge in [0.25, 0.3) is 0 Å². The molecule has 2 rings (SSSR count). The van der Waals surface area contributed by atoms with Crippen LogP contribution in [0, 0.1) is 18.2 Å². The first-order chi connectivity index (χ1) is 9.06. The van der Waals surface area contributed by atoms with E-state index in [2.05, 4.69) is 0 Å². The third kappa shape index (κ3) is 3.49. The molecule has 0 atom stereocenters. The maximum absolute atomic E-state index is 13.4. The van der Waals surface area contributed by atoms with Crippen LogP contribution in [0.5, 0.6) is 0 Å². The summed E-state index contributed by atoms with van der Waals surface area (Å²) in [4.78, 5) is 0. The molecular weight excluding hydrogens is 261 g/mol. The van der Waals surface area contributed by atoms with Gasteiger partial charge in [-0.3, -0.25) is 0 Å². The van der Waals surface area contributed by atoms with Crippen molar-refractivity contribution >= 4 is 11.6 Å². The molecule has 0 aromatic heterocycles. The molecule has 0 heterocycles. The first-order valence-corrected chi connectivity index (χ1v) is 7.59. The van der Waals surface area contributed by atoms with E-state index in [1.807, 2.05) is 6.07 Å². The monoisotopic (exact) mass is 283 g/mol. The molecule has 0 saturated heterocycles.